The second kappa shape index (κ2) is 4.58. The SMILES string of the molecule is CCC[Si]1(C)OCCCC[SiH]1C. The van der Waals surface area contributed by atoms with Gasteiger partial charge in [-0.3, -0.25) is 0 Å². The molecule has 2 unspecified atom stereocenters. The van der Waals surface area contributed by atoms with Crippen molar-refractivity contribution < 1.29 is 4.43 Å². The fraction of sp³-hybridized carbons (Fsp3) is 1.00. The molecule has 0 amide bonds. The van der Waals surface area contributed by atoms with Gasteiger partial charge in [-0.05, 0) is 19.0 Å². The van der Waals surface area contributed by atoms with Crippen LogP contribution in [0.4, 0.5) is 0 Å². The van der Waals surface area contributed by atoms with Crippen molar-refractivity contribution in [1.29, 1.82) is 0 Å². The summed E-state index contributed by atoms with van der Waals surface area (Å²) in [6.07, 6.45) is 4.10. The van der Waals surface area contributed by atoms with Gasteiger partial charge in [-0.25, -0.2) is 0 Å². The fourth-order valence-electron chi connectivity index (χ4n) is 2.12. The third kappa shape index (κ3) is 2.44. The first-order chi connectivity index (χ1) is 5.69. The van der Waals surface area contributed by atoms with E-state index in [9.17, 15) is 0 Å². The van der Waals surface area contributed by atoms with Gasteiger partial charge in [0.25, 0.3) is 0 Å². The first-order valence-corrected chi connectivity index (χ1v) is 11.7. The number of hydrogen-bond donors (Lipinski definition) is 0. The number of rotatable bonds is 2. The highest BCUT2D eigenvalue weighted by Gasteiger charge is 2.36. The maximum atomic E-state index is 6.14. The second-order valence-corrected chi connectivity index (χ2v) is 16.7. The quantitative estimate of drug-likeness (QED) is 0.626. The predicted molar refractivity (Wildman–Crippen MR) is 59.7 cm³/mol. The van der Waals surface area contributed by atoms with E-state index in [1.165, 1.54) is 25.3 Å². The van der Waals surface area contributed by atoms with Crippen LogP contribution < -0.4 is 0 Å². The van der Waals surface area contributed by atoms with E-state index >= 15 is 0 Å². The van der Waals surface area contributed by atoms with E-state index in [1.54, 1.807) is 6.04 Å². The molecule has 0 spiro atoms. The van der Waals surface area contributed by atoms with Gasteiger partial charge in [-0.2, -0.15) is 0 Å². The smallest absolute Gasteiger partial charge is 0.173 e. The standard InChI is InChI=1S/C9H22OSi2/c1-4-9-12(3)10-7-5-6-8-11(12)2/h11H,4-9H2,1-3H3. The van der Waals surface area contributed by atoms with Crippen LogP contribution >= 0.6 is 0 Å². The van der Waals surface area contributed by atoms with Gasteiger partial charge in [0.1, 0.15) is 0 Å². The van der Waals surface area contributed by atoms with Crippen LogP contribution in [0.3, 0.4) is 0 Å². The molecule has 12 heavy (non-hydrogen) atoms. The maximum Gasteiger partial charge on any atom is 0.173 e. The van der Waals surface area contributed by atoms with Crippen molar-refractivity contribution in [2.24, 2.45) is 0 Å². The summed E-state index contributed by atoms with van der Waals surface area (Å²) in [7, 11) is -1.62. The van der Waals surface area contributed by atoms with Gasteiger partial charge in [0.05, 0.1) is 8.31 Å². The van der Waals surface area contributed by atoms with Crippen molar-refractivity contribution in [3.8, 4) is 0 Å². The van der Waals surface area contributed by atoms with Crippen LogP contribution in [0.1, 0.15) is 26.2 Å². The molecule has 1 rings (SSSR count). The van der Waals surface area contributed by atoms with Crippen LogP contribution in [0.5, 0.6) is 0 Å². The van der Waals surface area contributed by atoms with E-state index in [-0.39, 0.29) is 0 Å². The average molecular weight is 202 g/mol. The van der Waals surface area contributed by atoms with Gasteiger partial charge in [0.15, 0.2) is 7.83 Å². The zero-order chi connectivity index (χ0) is 9.03. The largest absolute Gasteiger partial charge is 0.420 e. The molecule has 1 fully saturated rings. The summed E-state index contributed by atoms with van der Waals surface area (Å²) in [5.74, 6) is 0. The Hall–Kier alpha value is 0.394. The Kier molecular flexibility index (Phi) is 4.00. The topological polar surface area (TPSA) is 9.23 Å². The molecule has 3 heteroatoms. The zero-order valence-electron chi connectivity index (χ0n) is 8.73. The Morgan fingerprint density at radius 2 is 2.17 bits per heavy atom. The maximum absolute atomic E-state index is 6.14. The van der Waals surface area contributed by atoms with Crippen LogP contribution in [0.2, 0.25) is 25.2 Å². The Labute approximate surface area is 79.0 Å². The molecule has 1 aliphatic rings. The minimum atomic E-state index is -1.15. The summed E-state index contributed by atoms with van der Waals surface area (Å²) in [5, 5.41) is 0. The molecule has 0 saturated carbocycles. The lowest BCUT2D eigenvalue weighted by molar-refractivity contribution is 0.311. The molecule has 1 nitrogen and oxygen atoms in total. The highest BCUT2D eigenvalue weighted by atomic mass is 29.2. The first-order valence-electron chi connectivity index (χ1n) is 5.33. The minimum Gasteiger partial charge on any atom is -0.420 e. The van der Waals surface area contributed by atoms with Crippen molar-refractivity contribution in [2.75, 3.05) is 6.61 Å². The molecular weight excluding hydrogens is 180 g/mol. The first kappa shape index (κ1) is 10.5. The lowest BCUT2D eigenvalue weighted by atomic mass is 10.4. The summed E-state index contributed by atoms with van der Waals surface area (Å²) in [6.45, 7) is 8.39. The molecule has 0 aromatic heterocycles. The molecule has 0 radical (unpaired) electrons. The van der Waals surface area contributed by atoms with Gasteiger partial charge >= 0.3 is 0 Å². The Bertz CT molecular complexity index is 140. The van der Waals surface area contributed by atoms with E-state index < -0.39 is 16.1 Å². The zero-order valence-corrected chi connectivity index (χ0v) is 10.9. The monoisotopic (exact) mass is 202 g/mol. The minimum absolute atomic E-state index is 0.471. The molecule has 1 heterocycles. The molecular formula is C9H22OSi2. The number of hydrogen-bond acceptors (Lipinski definition) is 1. The molecule has 0 aromatic carbocycles. The molecule has 2 atom stereocenters. The van der Waals surface area contributed by atoms with E-state index in [2.05, 4.69) is 20.0 Å². The van der Waals surface area contributed by atoms with E-state index in [4.69, 9.17) is 4.43 Å². The van der Waals surface area contributed by atoms with Crippen LogP contribution in [-0.4, -0.2) is 22.8 Å². The predicted octanol–water partition coefficient (Wildman–Crippen LogP) is 2.72. The summed E-state index contributed by atoms with van der Waals surface area (Å²) >= 11 is 0. The highest BCUT2D eigenvalue weighted by Crippen LogP contribution is 2.24. The molecule has 1 saturated heterocycles. The second-order valence-electron chi connectivity index (χ2n) is 4.31. The summed E-state index contributed by atoms with van der Waals surface area (Å²) in [6, 6.07) is 2.96. The van der Waals surface area contributed by atoms with Crippen molar-refractivity contribution in [3.05, 3.63) is 0 Å². The van der Waals surface area contributed by atoms with Crippen molar-refractivity contribution in [3.63, 3.8) is 0 Å². The van der Waals surface area contributed by atoms with Gasteiger partial charge in [0.2, 0.25) is 0 Å². The molecule has 1 aliphatic heterocycles. The van der Waals surface area contributed by atoms with Crippen LogP contribution in [-0.2, 0) is 4.43 Å². The van der Waals surface area contributed by atoms with Crippen LogP contribution in [0, 0.1) is 0 Å². The van der Waals surface area contributed by atoms with Crippen molar-refractivity contribution in [1.82, 2.24) is 0 Å². The summed E-state index contributed by atoms with van der Waals surface area (Å²) < 4.78 is 6.14. The molecule has 72 valence electrons. The van der Waals surface area contributed by atoms with E-state index in [0.717, 1.165) is 6.61 Å². The van der Waals surface area contributed by atoms with Crippen LogP contribution in [0.25, 0.3) is 0 Å². The lowest BCUT2D eigenvalue weighted by Crippen LogP contribution is -2.48. The normalized spacial score (nSPS) is 37.8. The van der Waals surface area contributed by atoms with Crippen LogP contribution in [0.15, 0.2) is 0 Å². The third-order valence-electron chi connectivity index (χ3n) is 3.25. The highest BCUT2D eigenvalue weighted by molar-refractivity contribution is 7.29. The van der Waals surface area contributed by atoms with Gasteiger partial charge in [-0.15, -0.1) is 0 Å². The van der Waals surface area contributed by atoms with Gasteiger partial charge in [-0.1, -0.05) is 32.4 Å². The molecule has 0 N–H and O–H groups in total. The van der Waals surface area contributed by atoms with Gasteiger partial charge < -0.3 is 4.43 Å². The molecule has 0 aliphatic carbocycles. The lowest BCUT2D eigenvalue weighted by Gasteiger charge is -2.30. The van der Waals surface area contributed by atoms with Crippen molar-refractivity contribution in [2.45, 2.75) is 51.4 Å². The molecule has 0 bridgehead atoms. The fourth-order valence-corrected chi connectivity index (χ4v) is 12.2. The van der Waals surface area contributed by atoms with Crippen molar-refractivity contribution >= 4 is 16.1 Å². The third-order valence-corrected chi connectivity index (χ3v) is 17.5. The average Bonchev–Trinajstić information content (AvgIpc) is 2.17. The van der Waals surface area contributed by atoms with E-state index in [1.807, 2.05) is 0 Å². The molecule has 0 aromatic rings. The van der Waals surface area contributed by atoms with E-state index in [0.29, 0.717) is 0 Å². The van der Waals surface area contributed by atoms with Gasteiger partial charge in [0, 0.05) is 6.61 Å². The summed E-state index contributed by atoms with van der Waals surface area (Å²) in [4.78, 5) is 0. The Morgan fingerprint density at radius 3 is 2.83 bits per heavy atom. The Morgan fingerprint density at radius 1 is 1.42 bits per heavy atom. The summed E-state index contributed by atoms with van der Waals surface area (Å²) in [5.41, 5.74) is 0. The Balaban J connectivity index is 2.55.